The molecule has 4 heterocycles. The Morgan fingerprint density at radius 1 is 1.09 bits per heavy atom. The van der Waals surface area contributed by atoms with E-state index < -0.39 is 24.0 Å². The van der Waals surface area contributed by atoms with Gasteiger partial charge in [0.25, 0.3) is 0 Å². The third-order valence-electron chi connectivity index (χ3n) is 5.34. The van der Waals surface area contributed by atoms with E-state index in [1.54, 1.807) is 37.5 Å². The summed E-state index contributed by atoms with van der Waals surface area (Å²) in [5, 5.41) is 17.6. The van der Waals surface area contributed by atoms with E-state index >= 15 is 0 Å². The summed E-state index contributed by atoms with van der Waals surface area (Å²) >= 11 is 0. The van der Waals surface area contributed by atoms with Gasteiger partial charge < -0.3 is 14.6 Å². The van der Waals surface area contributed by atoms with Crippen LogP contribution in [0.1, 0.15) is 36.2 Å². The molecule has 3 N–H and O–H groups in total. The minimum absolute atomic E-state index is 0.231. The van der Waals surface area contributed by atoms with Crippen LogP contribution in [0.5, 0.6) is 0 Å². The van der Waals surface area contributed by atoms with Gasteiger partial charge >= 0.3 is 6.18 Å². The monoisotopic (exact) mass is 481 g/mol. The molecule has 178 valence electrons. The molecule has 0 fully saturated rings. The smallest absolute Gasteiger partial charge is 0.373 e. The number of aliphatic hydroxyl groups is 1. The minimum atomic E-state index is -4.45. The lowest BCUT2D eigenvalue weighted by molar-refractivity contribution is -0.137. The summed E-state index contributed by atoms with van der Waals surface area (Å²) < 4.78 is 44.3. The number of H-pyrrole nitrogens is 1. The molecule has 0 aliphatic carbocycles. The Morgan fingerprint density at radius 3 is 2.71 bits per heavy atom. The largest absolute Gasteiger partial charge is 0.416 e. The lowest BCUT2D eigenvalue weighted by atomic mass is 10.1. The molecule has 35 heavy (non-hydrogen) atoms. The highest BCUT2D eigenvalue weighted by Gasteiger charge is 2.31. The molecule has 0 radical (unpaired) electrons. The molecule has 12 heteroatoms. The van der Waals surface area contributed by atoms with Gasteiger partial charge in [0.2, 0.25) is 0 Å². The maximum absolute atomic E-state index is 13.0. The second-order valence-electron chi connectivity index (χ2n) is 7.79. The molecule has 0 spiro atoms. The zero-order chi connectivity index (χ0) is 24.6. The first-order valence-electron chi connectivity index (χ1n) is 10.5. The first kappa shape index (κ1) is 22.6. The van der Waals surface area contributed by atoms with Crippen LogP contribution in [0.15, 0.2) is 65.7 Å². The number of aliphatic hydroxyl groups excluding tert-OH is 1. The van der Waals surface area contributed by atoms with E-state index in [0.717, 1.165) is 17.7 Å². The Hall–Kier alpha value is -4.16. The number of hydrogen-bond acceptors (Lipinski definition) is 8. The van der Waals surface area contributed by atoms with Crippen molar-refractivity contribution in [3.63, 3.8) is 0 Å². The van der Waals surface area contributed by atoms with Gasteiger partial charge in [-0.15, -0.1) is 0 Å². The average Bonchev–Trinajstić information content (AvgIpc) is 3.51. The van der Waals surface area contributed by atoms with Crippen molar-refractivity contribution < 1.29 is 22.8 Å². The number of alkyl halides is 3. The van der Waals surface area contributed by atoms with Crippen molar-refractivity contribution in [3.8, 4) is 22.8 Å². The van der Waals surface area contributed by atoms with E-state index in [1.165, 1.54) is 12.4 Å². The predicted octanol–water partition coefficient (Wildman–Crippen LogP) is 4.43. The number of rotatable bonds is 6. The van der Waals surface area contributed by atoms with Crippen LogP contribution in [0.25, 0.3) is 33.8 Å². The quantitative estimate of drug-likeness (QED) is 0.304. The third-order valence-corrected chi connectivity index (χ3v) is 5.34. The number of pyridine rings is 1. The number of aromatic nitrogens is 6. The summed E-state index contributed by atoms with van der Waals surface area (Å²) in [6, 6.07) is 9.65. The van der Waals surface area contributed by atoms with Gasteiger partial charge in [0.1, 0.15) is 18.2 Å². The number of nitrogens with zero attached hydrogens (tertiary/aromatic N) is 5. The van der Waals surface area contributed by atoms with Crippen molar-refractivity contribution in [1.29, 1.82) is 0 Å². The Labute approximate surface area is 196 Å². The number of hydrogen-bond donors (Lipinski definition) is 3. The zero-order valence-corrected chi connectivity index (χ0v) is 18.2. The van der Waals surface area contributed by atoms with Crippen LogP contribution in [0, 0.1) is 0 Å². The Kier molecular flexibility index (Phi) is 5.75. The molecule has 5 rings (SSSR count). The fourth-order valence-corrected chi connectivity index (χ4v) is 3.51. The van der Waals surface area contributed by atoms with Crippen LogP contribution in [-0.4, -0.2) is 35.2 Å². The molecule has 0 aliphatic rings. The van der Waals surface area contributed by atoms with Gasteiger partial charge in [0.05, 0.1) is 34.0 Å². The van der Waals surface area contributed by atoms with Gasteiger partial charge in [-0.25, -0.2) is 15.0 Å². The molecule has 0 aliphatic heterocycles. The summed E-state index contributed by atoms with van der Waals surface area (Å²) in [5.74, 6) is 0.649. The molecule has 2 atom stereocenters. The highest BCUT2D eigenvalue weighted by molar-refractivity contribution is 5.79. The van der Waals surface area contributed by atoms with E-state index in [4.69, 9.17) is 4.52 Å². The highest BCUT2D eigenvalue weighted by Crippen LogP contribution is 2.32. The van der Waals surface area contributed by atoms with Crippen molar-refractivity contribution in [2.75, 3.05) is 0 Å². The van der Waals surface area contributed by atoms with Gasteiger partial charge in [-0.05, 0) is 43.3 Å². The SMILES string of the molecule is C[C@H](NC(O)c1cc(-c2cccnc2)ncn1)c1cc(-c2nc3ccc(C(F)(F)F)cc3[nH]2)no1. The van der Waals surface area contributed by atoms with Gasteiger partial charge in [-0.2, -0.15) is 13.2 Å². The molecular weight excluding hydrogens is 463 g/mol. The van der Waals surface area contributed by atoms with E-state index in [1.807, 2.05) is 6.07 Å². The first-order valence-corrected chi connectivity index (χ1v) is 10.5. The second-order valence-corrected chi connectivity index (χ2v) is 7.79. The van der Waals surface area contributed by atoms with Crippen LogP contribution >= 0.6 is 0 Å². The number of aromatic amines is 1. The number of nitrogens with one attached hydrogen (secondary N) is 2. The topological polar surface area (TPSA) is 126 Å². The maximum atomic E-state index is 13.0. The molecule has 0 saturated heterocycles. The van der Waals surface area contributed by atoms with Crippen LogP contribution in [-0.2, 0) is 6.18 Å². The molecule has 1 aromatic carbocycles. The second kappa shape index (κ2) is 8.89. The van der Waals surface area contributed by atoms with Crippen LogP contribution in [0.2, 0.25) is 0 Å². The van der Waals surface area contributed by atoms with Gasteiger partial charge in [-0.1, -0.05) is 5.16 Å². The Bertz CT molecular complexity index is 1470. The van der Waals surface area contributed by atoms with Crippen molar-refractivity contribution in [1.82, 2.24) is 35.4 Å². The standard InChI is InChI=1S/C23H18F3N7O2/c1-12(30-22(34)19-8-16(28-11-29-19)13-3-2-6-27-10-13)20-9-18(33-35-20)21-31-15-5-4-14(23(24,25)26)7-17(15)32-21/h2-12,22,30,34H,1H3,(H,31,32)/t12-,22?/m0/s1. The summed E-state index contributed by atoms with van der Waals surface area (Å²) in [6.07, 6.45) is -0.923. The Balaban J connectivity index is 1.32. The van der Waals surface area contributed by atoms with Gasteiger partial charge in [0, 0.05) is 24.0 Å². The predicted molar refractivity (Wildman–Crippen MR) is 118 cm³/mol. The lowest BCUT2D eigenvalue weighted by Gasteiger charge is -2.16. The van der Waals surface area contributed by atoms with Crippen LogP contribution in [0.3, 0.4) is 0 Å². The fourth-order valence-electron chi connectivity index (χ4n) is 3.51. The van der Waals surface area contributed by atoms with Gasteiger partial charge in [-0.3, -0.25) is 10.3 Å². The summed E-state index contributed by atoms with van der Waals surface area (Å²) in [4.78, 5) is 19.5. The zero-order valence-electron chi connectivity index (χ0n) is 18.2. The highest BCUT2D eigenvalue weighted by atomic mass is 19.4. The van der Waals surface area contributed by atoms with Crippen molar-refractivity contribution in [2.24, 2.45) is 0 Å². The van der Waals surface area contributed by atoms with Gasteiger partial charge in [0.15, 0.2) is 11.6 Å². The average molecular weight is 481 g/mol. The number of benzene rings is 1. The minimum Gasteiger partial charge on any atom is -0.373 e. The molecule has 0 bridgehead atoms. The van der Waals surface area contributed by atoms with E-state index in [2.05, 4.69) is 35.4 Å². The number of fused-ring (bicyclic) bond motifs is 1. The fraction of sp³-hybridized carbons (Fsp3) is 0.174. The lowest BCUT2D eigenvalue weighted by Crippen LogP contribution is -2.25. The summed E-state index contributed by atoms with van der Waals surface area (Å²) in [7, 11) is 0. The number of halogens is 3. The molecule has 9 nitrogen and oxygen atoms in total. The normalized spacial score (nSPS) is 13.7. The Morgan fingerprint density at radius 2 is 1.94 bits per heavy atom. The van der Waals surface area contributed by atoms with E-state index in [9.17, 15) is 18.3 Å². The maximum Gasteiger partial charge on any atom is 0.416 e. The van der Waals surface area contributed by atoms with Crippen molar-refractivity contribution in [3.05, 3.63) is 78.2 Å². The van der Waals surface area contributed by atoms with Crippen LogP contribution in [0.4, 0.5) is 13.2 Å². The van der Waals surface area contributed by atoms with Crippen LogP contribution < -0.4 is 5.32 Å². The first-order chi connectivity index (χ1) is 16.8. The summed E-state index contributed by atoms with van der Waals surface area (Å²) in [5.41, 5.74) is 1.88. The number of imidazole rings is 1. The van der Waals surface area contributed by atoms with Crippen molar-refractivity contribution >= 4 is 11.0 Å². The molecule has 4 aromatic heterocycles. The molecule has 5 aromatic rings. The molecular formula is C23H18F3N7O2. The molecule has 0 amide bonds. The van der Waals surface area contributed by atoms with E-state index in [0.29, 0.717) is 28.4 Å². The van der Waals surface area contributed by atoms with E-state index in [-0.39, 0.29) is 11.3 Å². The molecule has 0 saturated carbocycles. The molecule has 1 unspecified atom stereocenters. The third kappa shape index (κ3) is 4.74. The van der Waals surface area contributed by atoms with Crippen molar-refractivity contribution in [2.45, 2.75) is 25.4 Å². The summed E-state index contributed by atoms with van der Waals surface area (Å²) in [6.45, 7) is 1.75.